The summed E-state index contributed by atoms with van der Waals surface area (Å²) in [5.74, 6) is 0.435. The SMILES string of the molecule is O=C(CC1=CCN(c2ccc(C(F)(F)F)cn2)CC1)Nc1ccc2c(c1)OC(=O)C2. The van der Waals surface area contributed by atoms with Gasteiger partial charge in [-0.25, -0.2) is 4.98 Å². The molecule has 6 nitrogen and oxygen atoms in total. The zero-order chi connectivity index (χ0) is 21.3. The van der Waals surface area contributed by atoms with Crippen molar-refractivity contribution in [1.29, 1.82) is 0 Å². The zero-order valence-corrected chi connectivity index (χ0v) is 15.8. The normalized spacial score (nSPS) is 16.0. The van der Waals surface area contributed by atoms with Gasteiger partial charge in [0.2, 0.25) is 5.91 Å². The molecule has 0 spiro atoms. The van der Waals surface area contributed by atoms with Crippen molar-refractivity contribution in [3.63, 3.8) is 0 Å². The van der Waals surface area contributed by atoms with E-state index in [1.54, 1.807) is 18.2 Å². The monoisotopic (exact) mass is 417 g/mol. The number of ether oxygens (including phenoxy) is 1. The highest BCUT2D eigenvalue weighted by Crippen LogP contribution is 2.31. The van der Waals surface area contributed by atoms with Gasteiger partial charge in [0.15, 0.2) is 0 Å². The van der Waals surface area contributed by atoms with Gasteiger partial charge >= 0.3 is 12.1 Å². The summed E-state index contributed by atoms with van der Waals surface area (Å²) >= 11 is 0. The Bertz CT molecular complexity index is 1020. The van der Waals surface area contributed by atoms with Crippen LogP contribution in [0.2, 0.25) is 0 Å². The van der Waals surface area contributed by atoms with E-state index in [0.29, 0.717) is 36.8 Å². The number of alkyl halides is 3. The van der Waals surface area contributed by atoms with Gasteiger partial charge in [0.25, 0.3) is 0 Å². The first kappa shape index (κ1) is 19.9. The van der Waals surface area contributed by atoms with Crippen molar-refractivity contribution in [2.24, 2.45) is 0 Å². The number of carbonyl (C=O) groups excluding carboxylic acids is 2. The molecule has 1 aromatic carbocycles. The van der Waals surface area contributed by atoms with Gasteiger partial charge in [0.1, 0.15) is 11.6 Å². The van der Waals surface area contributed by atoms with Crippen molar-refractivity contribution in [1.82, 2.24) is 4.98 Å². The summed E-state index contributed by atoms with van der Waals surface area (Å²) in [4.78, 5) is 29.4. The largest absolute Gasteiger partial charge is 0.426 e. The molecule has 1 aromatic heterocycles. The second kappa shape index (κ2) is 7.81. The first-order valence-corrected chi connectivity index (χ1v) is 9.37. The molecule has 2 aromatic rings. The van der Waals surface area contributed by atoms with Crippen molar-refractivity contribution in [3.05, 3.63) is 59.3 Å². The number of pyridine rings is 1. The summed E-state index contributed by atoms with van der Waals surface area (Å²) in [5.41, 5.74) is 1.52. The van der Waals surface area contributed by atoms with Crippen molar-refractivity contribution in [2.75, 3.05) is 23.3 Å². The molecule has 0 radical (unpaired) electrons. The fraction of sp³-hybridized carbons (Fsp3) is 0.286. The lowest BCUT2D eigenvalue weighted by molar-refractivity contribution is -0.138. The van der Waals surface area contributed by atoms with Crippen LogP contribution in [0.3, 0.4) is 0 Å². The maximum atomic E-state index is 12.7. The number of nitrogens with one attached hydrogen (secondary N) is 1. The zero-order valence-electron chi connectivity index (χ0n) is 15.8. The van der Waals surface area contributed by atoms with Crippen molar-refractivity contribution in [2.45, 2.75) is 25.4 Å². The van der Waals surface area contributed by atoms with E-state index in [-0.39, 0.29) is 24.7 Å². The molecule has 2 aliphatic heterocycles. The van der Waals surface area contributed by atoms with E-state index in [0.717, 1.165) is 23.4 Å². The Hall–Kier alpha value is -3.36. The fourth-order valence-electron chi connectivity index (χ4n) is 3.42. The van der Waals surface area contributed by atoms with E-state index >= 15 is 0 Å². The van der Waals surface area contributed by atoms with Gasteiger partial charge in [-0.05, 0) is 24.6 Å². The summed E-state index contributed by atoms with van der Waals surface area (Å²) in [7, 11) is 0. The van der Waals surface area contributed by atoms with Gasteiger partial charge < -0.3 is 15.0 Å². The average Bonchev–Trinajstić information content (AvgIpc) is 3.07. The molecule has 0 atom stereocenters. The number of hydrogen-bond donors (Lipinski definition) is 1. The number of esters is 1. The lowest BCUT2D eigenvalue weighted by Crippen LogP contribution is -2.30. The Morgan fingerprint density at radius 2 is 2.07 bits per heavy atom. The number of fused-ring (bicyclic) bond motifs is 1. The second-order valence-corrected chi connectivity index (χ2v) is 7.16. The van der Waals surface area contributed by atoms with Crippen molar-refractivity contribution < 1.29 is 27.5 Å². The third kappa shape index (κ3) is 4.45. The highest BCUT2D eigenvalue weighted by molar-refractivity contribution is 5.93. The first-order valence-electron chi connectivity index (χ1n) is 9.37. The standard InChI is InChI=1S/C21H18F3N3O3/c22-21(23,24)15-2-4-18(25-12-15)27-7-5-13(6-8-27)9-19(28)26-16-3-1-14-10-20(29)30-17(14)11-16/h1-5,11-12H,6-10H2,(H,26,28). The van der Waals surface area contributed by atoms with E-state index in [2.05, 4.69) is 10.3 Å². The summed E-state index contributed by atoms with van der Waals surface area (Å²) < 4.78 is 43.0. The van der Waals surface area contributed by atoms with Crippen LogP contribution in [0.15, 0.2) is 48.2 Å². The number of nitrogens with zero attached hydrogens (tertiary/aromatic N) is 2. The number of halogens is 3. The predicted molar refractivity (Wildman–Crippen MR) is 103 cm³/mol. The minimum absolute atomic E-state index is 0.188. The Labute approximate surface area is 170 Å². The maximum absolute atomic E-state index is 12.7. The third-order valence-corrected chi connectivity index (χ3v) is 5.00. The highest BCUT2D eigenvalue weighted by atomic mass is 19.4. The lowest BCUT2D eigenvalue weighted by atomic mass is 10.0. The molecule has 2 aliphatic rings. The Morgan fingerprint density at radius 1 is 1.23 bits per heavy atom. The van der Waals surface area contributed by atoms with E-state index in [1.165, 1.54) is 6.07 Å². The molecule has 0 bridgehead atoms. The third-order valence-electron chi connectivity index (χ3n) is 5.00. The minimum atomic E-state index is -4.41. The Balaban J connectivity index is 1.32. The molecule has 0 saturated heterocycles. The number of benzene rings is 1. The molecular formula is C21H18F3N3O3. The molecular weight excluding hydrogens is 399 g/mol. The topological polar surface area (TPSA) is 71.5 Å². The maximum Gasteiger partial charge on any atom is 0.417 e. The first-order chi connectivity index (χ1) is 14.3. The molecule has 0 fully saturated rings. The van der Waals surface area contributed by atoms with Crippen LogP contribution in [0.1, 0.15) is 24.0 Å². The quantitative estimate of drug-likeness (QED) is 0.466. The van der Waals surface area contributed by atoms with Crippen molar-refractivity contribution >= 4 is 23.4 Å². The molecule has 0 unspecified atom stereocenters. The van der Waals surface area contributed by atoms with Crippen LogP contribution >= 0.6 is 0 Å². The van der Waals surface area contributed by atoms with Gasteiger partial charge in [-0.1, -0.05) is 17.7 Å². The number of anilines is 2. The number of rotatable bonds is 4. The summed E-state index contributed by atoms with van der Waals surface area (Å²) in [6, 6.07) is 7.49. The van der Waals surface area contributed by atoms with Crippen LogP contribution < -0.4 is 15.0 Å². The highest BCUT2D eigenvalue weighted by Gasteiger charge is 2.31. The molecule has 30 heavy (non-hydrogen) atoms. The van der Waals surface area contributed by atoms with E-state index in [9.17, 15) is 22.8 Å². The summed E-state index contributed by atoms with van der Waals surface area (Å²) in [6.45, 7) is 1.03. The second-order valence-electron chi connectivity index (χ2n) is 7.16. The number of hydrogen-bond acceptors (Lipinski definition) is 5. The molecule has 0 aliphatic carbocycles. The number of carbonyl (C=O) groups is 2. The van der Waals surface area contributed by atoms with E-state index in [1.807, 2.05) is 11.0 Å². The van der Waals surface area contributed by atoms with Crippen LogP contribution in [-0.4, -0.2) is 29.9 Å². The van der Waals surface area contributed by atoms with Gasteiger partial charge in [0, 0.05) is 43.0 Å². The van der Waals surface area contributed by atoms with Crippen LogP contribution in [0.4, 0.5) is 24.7 Å². The predicted octanol–water partition coefficient (Wildman–Crippen LogP) is 3.73. The number of aromatic nitrogens is 1. The van der Waals surface area contributed by atoms with Gasteiger partial charge in [-0.3, -0.25) is 9.59 Å². The lowest BCUT2D eigenvalue weighted by Gasteiger charge is -2.27. The Kier molecular flexibility index (Phi) is 5.19. The van der Waals surface area contributed by atoms with Crippen LogP contribution in [-0.2, 0) is 22.2 Å². The van der Waals surface area contributed by atoms with Gasteiger partial charge in [-0.15, -0.1) is 0 Å². The van der Waals surface area contributed by atoms with E-state index < -0.39 is 11.7 Å². The fourth-order valence-corrected chi connectivity index (χ4v) is 3.42. The van der Waals surface area contributed by atoms with Crippen molar-refractivity contribution in [3.8, 4) is 5.75 Å². The smallest absolute Gasteiger partial charge is 0.417 e. The van der Waals surface area contributed by atoms with Crippen LogP contribution in [0, 0.1) is 0 Å². The molecule has 1 N–H and O–H groups in total. The summed E-state index contributed by atoms with van der Waals surface area (Å²) in [6.07, 6.45) is -0.624. The number of amides is 1. The summed E-state index contributed by atoms with van der Waals surface area (Å²) in [5, 5.41) is 2.79. The minimum Gasteiger partial charge on any atom is -0.426 e. The van der Waals surface area contributed by atoms with Gasteiger partial charge in [-0.2, -0.15) is 13.2 Å². The molecule has 9 heteroatoms. The van der Waals surface area contributed by atoms with E-state index in [4.69, 9.17) is 4.74 Å². The molecule has 0 saturated carbocycles. The molecule has 1 amide bonds. The molecule has 4 rings (SSSR count). The molecule has 156 valence electrons. The van der Waals surface area contributed by atoms with Gasteiger partial charge in [0.05, 0.1) is 12.0 Å². The van der Waals surface area contributed by atoms with Crippen LogP contribution in [0.25, 0.3) is 0 Å². The molecule has 3 heterocycles. The van der Waals surface area contributed by atoms with Crippen LogP contribution in [0.5, 0.6) is 5.75 Å². The Morgan fingerprint density at radius 3 is 2.73 bits per heavy atom. The average molecular weight is 417 g/mol.